The third-order valence-corrected chi connectivity index (χ3v) is 2.56. The lowest BCUT2D eigenvalue weighted by Gasteiger charge is -2.02. The minimum absolute atomic E-state index is 0.0175. The number of aromatic amines is 1. The maximum Gasteiger partial charge on any atom is 0.449 e. The van der Waals surface area contributed by atoms with Crippen LogP contribution in [-0.2, 0) is 6.18 Å². The molecule has 7 heteroatoms. The van der Waals surface area contributed by atoms with Crippen LogP contribution in [0.1, 0.15) is 5.82 Å². The Morgan fingerprint density at radius 2 is 1.94 bits per heavy atom. The Labute approximate surface area is 102 Å². The molecule has 1 heterocycles. The summed E-state index contributed by atoms with van der Waals surface area (Å²) in [6, 6.07) is 4.00. The topological polar surface area (TPSA) is 28.7 Å². The monoisotopic (exact) mass is 308 g/mol. The standard InChI is InChI=1S/C10H5BrF4N2/c11-5-1-2-7(12)6(3-5)8-4-16-9(17-8)10(13,14)15/h1-4H,(H,16,17). The summed E-state index contributed by atoms with van der Waals surface area (Å²) in [5.74, 6) is -1.77. The van der Waals surface area contributed by atoms with Gasteiger partial charge in [0.1, 0.15) is 5.82 Å². The molecule has 1 aromatic carbocycles. The quantitative estimate of drug-likeness (QED) is 0.793. The highest BCUT2D eigenvalue weighted by Crippen LogP contribution is 2.30. The number of hydrogen-bond donors (Lipinski definition) is 1. The molecule has 0 amide bonds. The lowest BCUT2D eigenvalue weighted by atomic mass is 10.1. The molecule has 1 aromatic heterocycles. The predicted octanol–water partition coefficient (Wildman–Crippen LogP) is 4.00. The van der Waals surface area contributed by atoms with Gasteiger partial charge in [0.05, 0.1) is 11.9 Å². The van der Waals surface area contributed by atoms with Gasteiger partial charge in [-0.05, 0) is 18.2 Å². The highest BCUT2D eigenvalue weighted by atomic mass is 79.9. The summed E-state index contributed by atoms with van der Waals surface area (Å²) < 4.78 is 50.9. The van der Waals surface area contributed by atoms with E-state index in [4.69, 9.17) is 0 Å². The first-order chi connectivity index (χ1) is 7.88. The predicted molar refractivity (Wildman–Crippen MR) is 56.7 cm³/mol. The summed E-state index contributed by atoms with van der Waals surface area (Å²) in [6.45, 7) is 0. The van der Waals surface area contributed by atoms with Crippen LogP contribution in [0.3, 0.4) is 0 Å². The molecule has 2 rings (SSSR count). The maximum absolute atomic E-state index is 13.4. The van der Waals surface area contributed by atoms with Crippen LogP contribution in [0.5, 0.6) is 0 Å². The smallest absolute Gasteiger partial charge is 0.334 e. The molecule has 0 aliphatic heterocycles. The molecule has 2 nitrogen and oxygen atoms in total. The van der Waals surface area contributed by atoms with Crippen molar-refractivity contribution in [2.24, 2.45) is 0 Å². The maximum atomic E-state index is 13.4. The van der Waals surface area contributed by atoms with Gasteiger partial charge >= 0.3 is 6.18 Å². The van der Waals surface area contributed by atoms with Crippen molar-refractivity contribution in [2.45, 2.75) is 6.18 Å². The molecular formula is C10H5BrF4N2. The van der Waals surface area contributed by atoms with Crippen molar-refractivity contribution >= 4 is 15.9 Å². The number of nitrogens with one attached hydrogen (secondary N) is 1. The van der Waals surface area contributed by atoms with E-state index in [0.717, 1.165) is 12.3 Å². The van der Waals surface area contributed by atoms with Crippen molar-refractivity contribution in [2.75, 3.05) is 0 Å². The summed E-state index contributed by atoms with van der Waals surface area (Å²) >= 11 is 3.12. The van der Waals surface area contributed by atoms with E-state index in [2.05, 4.69) is 20.9 Å². The Morgan fingerprint density at radius 3 is 2.53 bits per heavy atom. The summed E-state index contributed by atoms with van der Waals surface area (Å²) in [6.07, 6.45) is -3.62. The zero-order valence-electron chi connectivity index (χ0n) is 8.15. The number of rotatable bonds is 1. The van der Waals surface area contributed by atoms with Gasteiger partial charge in [-0.3, -0.25) is 0 Å². The first-order valence-corrected chi connectivity index (χ1v) is 5.25. The molecule has 0 saturated heterocycles. The molecule has 17 heavy (non-hydrogen) atoms. The fourth-order valence-corrected chi connectivity index (χ4v) is 1.67. The van der Waals surface area contributed by atoms with Crippen LogP contribution in [0, 0.1) is 5.82 Å². The van der Waals surface area contributed by atoms with Crippen molar-refractivity contribution < 1.29 is 17.6 Å². The molecular weight excluding hydrogens is 304 g/mol. The Kier molecular flexibility index (Phi) is 2.94. The SMILES string of the molecule is Fc1ccc(Br)cc1-c1cnc(C(F)(F)F)[nH]1. The average Bonchev–Trinajstić information content (AvgIpc) is 2.70. The third kappa shape index (κ3) is 2.49. The second-order valence-corrected chi connectivity index (χ2v) is 4.18. The minimum Gasteiger partial charge on any atom is -0.334 e. The van der Waals surface area contributed by atoms with Crippen LogP contribution in [0.2, 0.25) is 0 Å². The van der Waals surface area contributed by atoms with Crippen LogP contribution in [0.25, 0.3) is 11.3 Å². The van der Waals surface area contributed by atoms with E-state index in [1.807, 2.05) is 4.98 Å². The molecule has 0 aliphatic carbocycles. The number of halogens is 5. The van der Waals surface area contributed by atoms with E-state index in [1.165, 1.54) is 12.1 Å². The molecule has 1 N–H and O–H groups in total. The van der Waals surface area contributed by atoms with Gasteiger partial charge in [-0.1, -0.05) is 15.9 Å². The van der Waals surface area contributed by atoms with E-state index in [0.29, 0.717) is 4.47 Å². The van der Waals surface area contributed by atoms with E-state index < -0.39 is 17.8 Å². The van der Waals surface area contributed by atoms with Gasteiger partial charge in [0.15, 0.2) is 0 Å². The Bertz CT molecular complexity index is 547. The second kappa shape index (κ2) is 4.14. The number of aromatic nitrogens is 2. The highest BCUT2D eigenvalue weighted by molar-refractivity contribution is 9.10. The van der Waals surface area contributed by atoms with Gasteiger partial charge < -0.3 is 4.98 Å². The first-order valence-electron chi connectivity index (χ1n) is 4.45. The second-order valence-electron chi connectivity index (χ2n) is 3.27. The van der Waals surface area contributed by atoms with Crippen molar-refractivity contribution in [1.29, 1.82) is 0 Å². The lowest BCUT2D eigenvalue weighted by molar-refractivity contribution is -0.144. The van der Waals surface area contributed by atoms with E-state index in [-0.39, 0.29) is 11.3 Å². The van der Waals surface area contributed by atoms with Gasteiger partial charge in [-0.15, -0.1) is 0 Å². The van der Waals surface area contributed by atoms with E-state index in [9.17, 15) is 17.6 Å². The van der Waals surface area contributed by atoms with Crippen LogP contribution in [0.4, 0.5) is 17.6 Å². The van der Waals surface area contributed by atoms with Crippen LogP contribution in [0.15, 0.2) is 28.9 Å². The largest absolute Gasteiger partial charge is 0.449 e. The number of hydrogen-bond acceptors (Lipinski definition) is 1. The molecule has 0 spiro atoms. The molecule has 2 aromatic rings. The minimum atomic E-state index is -4.57. The van der Waals surface area contributed by atoms with Gasteiger partial charge in [-0.25, -0.2) is 9.37 Å². The van der Waals surface area contributed by atoms with Crippen LogP contribution >= 0.6 is 15.9 Å². The fourth-order valence-electron chi connectivity index (χ4n) is 1.31. The molecule has 0 fully saturated rings. The molecule has 0 radical (unpaired) electrons. The van der Waals surface area contributed by atoms with Crippen molar-refractivity contribution in [3.05, 3.63) is 40.5 Å². The summed E-state index contributed by atoms with van der Waals surface area (Å²) in [5, 5.41) is 0. The van der Waals surface area contributed by atoms with Gasteiger partial charge in [0.25, 0.3) is 0 Å². The molecule has 0 saturated carbocycles. The van der Waals surface area contributed by atoms with Gasteiger partial charge in [-0.2, -0.15) is 13.2 Å². The highest BCUT2D eigenvalue weighted by Gasteiger charge is 2.34. The summed E-state index contributed by atoms with van der Waals surface area (Å²) in [4.78, 5) is 5.21. The van der Waals surface area contributed by atoms with Gasteiger partial charge in [0.2, 0.25) is 5.82 Å². The van der Waals surface area contributed by atoms with E-state index in [1.54, 1.807) is 0 Å². The zero-order valence-corrected chi connectivity index (χ0v) is 9.73. The van der Waals surface area contributed by atoms with Crippen LogP contribution < -0.4 is 0 Å². The molecule has 0 unspecified atom stereocenters. The first kappa shape index (κ1) is 12.1. The van der Waals surface area contributed by atoms with Gasteiger partial charge in [0, 0.05) is 10.0 Å². The number of alkyl halides is 3. The zero-order chi connectivity index (χ0) is 12.6. The number of nitrogens with zero attached hydrogens (tertiary/aromatic N) is 1. The fraction of sp³-hybridized carbons (Fsp3) is 0.100. The summed E-state index contributed by atoms with van der Waals surface area (Å²) in [5.41, 5.74) is 0.0125. The lowest BCUT2D eigenvalue weighted by Crippen LogP contribution is -2.07. The molecule has 90 valence electrons. The normalized spacial score (nSPS) is 11.8. The number of H-pyrrole nitrogens is 1. The Hall–Kier alpha value is -1.37. The number of benzene rings is 1. The Balaban J connectivity index is 2.47. The van der Waals surface area contributed by atoms with Crippen LogP contribution in [-0.4, -0.2) is 9.97 Å². The van der Waals surface area contributed by atoms with Crippen molar-refractivity contribution in [3.8, 4) is 11.3 Å². The van der Waals surface area contributed by atoms with Crippen molar-refractivity contribution in [3.63, 3.8) is 0 Å². The molecule has 0 atom stereocenters. The van der Waals surface area contributed by atoms with E-state index >= 15 is 0 Å². The molecule has 0 bridgehead atoms. The number of imidazole rings is 1. The summed E-state index contributed by atoms with van der Waals surface area (Å²) in [7, 11) is 0. The van der Waals surface area contributed by atoms with Crippen molar-refractivity contribution in [1.82, 2.24) is 9.97 Å². The Morgan fingerprint density at radius 1 is 1.24 bits per heavy atom. The average molecular weight is 309 g/mol. The third-order valence-electron chi connectivity index (χ3n) is 2.06. The molecule has 0 aliphatic rings.